The van der Waals surface area contributed by atoms with Crippen molar-refractivity contribution in [3.05, 3.63) is 29.3 Å². The van der Waals surface area contributed by atoms with Crippen molar-refractivity contribution in [2.24, 2.45) is 5.92 Å². The molecule has 0 aliphatic heterocycles. The molecule has 0 aliphatic rings. The summed E-state index contributed by atoms with van der Waals surface area (Å²) in [6, 6.07) is 6.05. The lowest BCUT2D eigenvalue weighted by Crippen LogP contribution is -2.13. The number of benzene rings is 1. The molecular formula is C14H21NO. The van der Waals surface area contributed by atoms with E-state index in [0.717, 1.165) is 23.2 Å². The summed E-state index contributed by atoms with van der Waals surface area (Å²) < 4.78 is 0. The van der Waals surface area contributed by atoms with Crippen molar-refractivity contribution in [2.45, 2.75) is 40.5 Å². The van der Waals surface area contributed by atoms with Crippen molar-refractivity contribution in [2.75, 3.05) is 5.32 Å². The fourth-order valence-electron chi connectivity index (χ4n) is 1.63. The van der Waals surface area contributed by atoms with Crippen molar-refractivity contribution in [3.63, 3.8) is 0 Å². The maximum Gasteiger partial charge on any atom is 0.224 e. The van der Waals surface area contributed by atoms with Gasteiger partial charge < -0.3 is 5.32 Å². The van der Waals surface area contributed by atoms with Gasteiger partial charge >= 0.3 is 0 Å². The van der Waals surface area contributed by atoms with Crippen LogP contribution in [0.5, 0.6) is 0 Å². The van der Waals surface area contributed by atoms with Gasteiger partial charge in [-0.1, -0.05) is 32.0 Å². The lowest BCUT2D eigenvalue weighted by atomic mass is 10.1. The van der Waals surface area contributed by atoms with E-state index in [0.29, 0.717) is 12.3 Å². The van der Waals surface area contributed by atoms with Crippen molar-refractivity contribution in [1.82, 2.24) is 0 Å². The van der Waals surface area contributed by atoms with Gasteiger partial charge in [0, 0.05) is 12.1 Å². The molecule has 0 aromatic heterocycles. The number of hydrogen-bond donors (Lipinski definition) is 1. The average molecular weight is 219 g/mol. The molecule has 0 saturated carbocycles. The molecule has 1 amide bonds. The molecular weight excluding hydrogens is 198 g/mol. The molecule has 0 heterocycles. The van der Waals surface area contributed by atoms with Gasteiger partial charge in [0.05, 0.1) is 0 Å². The number of nitrogens with one attached hydrogen (secondary N) is 1. The van der Waals surface area contributed by atoms with E-state index in [1.807, 2.05) is 32.0 Å². The summed E-state index contributed by atoms with van der Waals surface area (Å²) in [5, 5.41) is 2.99. The number of anilines is 1. The summed E-state index contributed by atoms with van der Waals surface area (Å²) in [6.45, 7) is 8.30. The van der Waals surface area contributed by atoms with E-state index in [2.05, 4.69) is 19.2 Å². The van der Waals surface area contributed by atoms with E-state index < -0.39 is 0 Å². The molecule has 0 spiro atoms. The summed E-state index contributed by atoms with van der Waals surface area (Å²) in [7, 11) is 0. The molecule has 0 bridgehead atoms. The van der Waals surface area contributed by atoms with Crippen LogP contribution in [0.25, 0.3) is 0 Å². The first-order valence-corrected chi connectivity index (χ1v) is 5.86. The molecule has 0 unspecified atom stereocenters. The smallest absolute Gasteiger partial charge is 0.224 e. The van der Waals surface area contributed by atoms with Crippen LogP contribution < -0.4 is 5.32 Å². The van der Waals surface area contributed by atoms with Gasteiger partial charge in [-0.05, 0) is 37.3 Å². The molecule has 2 heteroatoms. The zero-order chi connectivity index (χ0) is 12.1. The first-order valence-electron chi connectivity index (χ1n) is 5.86. The number of para-hydroxylation sites is 1. The largest absolute Gasteiger partial charge is 0.326 e. The highest BCUT2D eigenvalue weighted by molar-refractivity contribution is 5.92. The minimum atomic E-state index is 0.117. The number of amides is 1. The number of rotatable bonds is 4. The van der Waals surface area contributed by atoms with E-state index >= 15 is 0 Å². The van der Waals surface area contributed by atoms with Crippen LogP contribution in [0.15, 0.2) is 18.2 Å². The van der Waals surface area contributed by atoms with Crippen LogP contribution in [0, 0.1) is 19.8 Å². The molecule has 0 aliphatic carbocycles. The molecule has 2 nitrogen and oxygen atoms in total. The Morgan fingerprint density at radius 1 is 1.25 bits per heavy atom. The van der Waals surface area contributed by atoms with Crippen molar-refractivity contribution in [3.8, 4) is 0 Å². The van der Waals surface area contributed by atoms with Crippen LogP contribution in [0.4, 0.5) is 5.69 Å². The Balaban J connectivity index is 2.63. The first kappa shape index (κ1) is 12.8. The van der Waals surface area contributed by atoms with Gasteiger partial charge in [0.2, 0.25) is 5.91 Å². The summed E-state index contributed by atoms with van der Waals surface area (Å²) in [6.07, 6.45) is 1.54. The maximum atomic E-state index is 11.7. The fourth-order valence-corrected chi connectivity index (χ4v) is 1.63. The van der Waals surface area contributed by atoms with E-state index in [1.54, 1.807) is 0 Å². The lowest BCUT2D eigenvalue weighted by molar-refractivity contribution is -0.116. The lowest BCUT2D eigenvalue weighted by Gasteiger charge is -2.11. The van der Waals surface area contributed by atoms with E-state index in [-0.39, 0.29) is 5.91 Å². The molecule has 1 N–H and O–H groups in total. The Morgan fingerprint density at radius 2 is 1.81 bits per heavy atom. The van der Waals surface area contributed by atoms with Crippen molar-refractivity contribution >= 4 is 11.6 Å². The third-order valence-corrected chi connectivity index (χ3v) is 2.69. The summed E-state index contributed by atoms with van der Waals surface area (Å²) in [4.78, 5) is 11.7. The average Bonchev–Trinajstić information content (AvgIpc) is 2.21. The second-order valence-electron chi connectivity index (χ2n) is 4.75. The number of hydrogen-bond acceptors (Lipinski definition) is 1. The highest BCUT2D eigenvalue weighted by atomic mass is 16.1. The zero-order valence-corrected chi connectivity index (χ0v) is 10.6. The number of carbonyl (C=O) groups is 1. The van der Waals surface area contributed by atoms with Gasteiger partial charge in [0.1, 0.15) is 0 Å². The molecule has 1 rings (SSSR count). The first-order chi connectivity index (χ1) is 7.50. The molecule has 16 heavy (non-hydrogen) atoms. The Bertz CT molecular complexity index is 349. The van der Waals surface area contributed by atoms with Crippen molar-refractivity contribution < 1.29 is 4.79 Å². The third kappa shape index (κ3) is 3.69. The third-order valence-electron chi connectivity index (χ3n) is 2.69. The van der Waals surface area contributed by atoms with Gasteiger partial charge in [-0.2, -0.15) is 0 Å². The molecule has 1 aromatic carbocycles. The quantitative estimate of drug-likeness (QED) is 0.822. The fraction of sp³-hybridized carbons (Fsp3) is 0.500. The highest BCUT2D eigenvalue weighted by Gasteiger charge is 2.07. The van der Waals surface area contributed by atoms with Crippen LogP contribution in [0.2, 0.25) is 0 Å². The Kier molecular flexibility index (Phi) is 4.53. The minimum Gasteiger partial charge on any atom is -0.326 e. The Hall–Kier alpha value is -1.31. The van der Waals surface area contributed by atoms with E-state index in [1.165, 1.54) is 0 Å². The van der Waals surface area contributed by atoms with Crippen LogP contribution >= 0.6 is 0 Å². The molecule has 0 saturated heterocycles. The molecule has 0 radical (unpaired) electrons. The summed E-state index contributed by atoms with van der Waals surface area (Å²) in [5.41, 5.74) is 3.21. The standard InChI is InChI=1S/C14H21NO/c1-10(2)8-9-13(16)15-14-11(3)6-5-7-12(14)4/h5-7,10H,8-9H2,1-4H3,(H,15,16). The minimum absolute atomic E-state index is 0.117. The normalized spacial score (nSPS) is 10.6. The number of aryl methyl sites for hydroxylation is 2. The highest BCUT2D eigenvalue weighted by Crippen LogP contribution is 2.19. The summed E-state index contributed by atoms with van der Waals surface area (Å²) in [5.74, 6) is 0.690. The Labute approximate surface area is 98.1 Å². The SMILES string of the molecule is Cc1cccc(C)c1NC(=O)CCC(C)C. The van der Waals surface area contributed by atoms with Gasteiger partial charge in [-0.15, -0.1) is 0 Å². The van der Waals surface area contributed by atoms with Crippen LogP contribution in [-0.4, -0.2) is 5.91 Å². The van der Waals surface area contributed by atoms with Crippen molar-refractivity contribution in [1.29, 1.82) is 0 Å². The molecule has 88 valence electrons. The molecule has 0 atom stereocenters. The zero-order valence-electron chi connectivity index (χ0n) is 10.6. The van der Waals surface area contributed by atoms with Crippen LogP contribution in [0.1, 0.15) is 37.8 Å². The topological polar surface area (TPSA) is 29.1 Å². The Morgan fingerprint density at radius 3 is 2.31 bits per heavy atom. The van der Waals surface area contributed by atoms with Crippen LogP contribution in [0.3, 0.4) is 0 Å². The predicted molar refractivity (Wildman–Crippen MR) is 68.6 cm³/mol. The number of carbonyl (C=O) groups excluding carboxylic acids is 1. The summed E-state index contributed by atoms with van der Waals surface area (Å²) >= 11 is 0. The van der Waals surface area contributed by atoms with Gasteiger partial charge in [0.15, 0.2) is 0 Å². The second-order valence-corrected chi connectivity index (χ2v) is 4.75. The van der Waals surface area contributed by atoms with Gasteiger partial charge in [-0.3, -0.25) is 4.79 Å². The van der Waals surface area contributed by atoms with E-state index in [4.69, 9.17) is 0 Å². The second kappa shape index (κ2) is 5.69. The van der Waals surface area contributed by atoms with Crippen LogP contribution in [-0.2, 0) is 4.79 Å². The van der Waals surface area contributed by atoms with E-state index in [9.17, 15) is 4.79 Å². The molecule has 0 fully saturated rings. The maximum absolute atomic E-state index is 11.7. The van der Waals surface area contributed by atoms with Gasteiger partial charge in [0.25, 0.3) is 0 Å². The molecule has 1 aromatic rings. The monoisotopic (exact) mass is 219 g/mol. The van der Waals surface area contributed by atoms with Gasteiger partial charge in [-0.25, -0.2) is 0 Å². The predicted octanol–water partition coefficient (Wildman–Crippen LogP) is 3.68.